The molecule has 158 valence electrons. The second-order valence-corrected chi connectivity index (χ2v) is 9.70. The fraction of sp³-hybridized carbons (Fsp3) is 0.280. The minimum Gasteiger partial charge on any atom is -0.507 e. The lowest BCUT2D eigenvalue weighted by molar-refractivity contribution is 0.0503. The van der Waals surface area contributed by atoms with Gasteiger partial charge in [0.25, 0.3) is 0 Å². The van der Waals surface area contributed by atoms with Crippen LogP contribution in [0, 0.1) is 11.3 Å². The SMILES string of the molecule is CC(C)(C)OC(=O)NC1CCc2c(-c3ccc(-c4ccc(O)c(C#N)c4)s3)cccc21. The number of thiophene rings is 1. The number of rotatable bonds is 3. The molecule has 1 atom stereocenters. The van der Waals surface area contributed by atoms with Gasteiger partial charge in [-0.15, -0.1) is 11.3 Å². The van der Waals surface area contributed by atoms with E-state index in [1.54, 1.807) is 23.5 Å². The molecule has 1 aliphatic carbocycles. The Labute approximate surface area is 185 Å². The van der Waals surface area contributed by atoms with Crippen molar-refractivity contribution in [3.8, 4) is 32.7 Å². The zero-order valence-electron chi connectivity index (χ0n) is 17.7. The molecule has 1 aliphatic rings. The van der Waals surface area contributed by atoms with Gasteiger partial charge in [-0.1, -0.05) is 18.2 Å². The predicted molar refractivity (Wildman–Crippen MR) is 122 cm³/mol. The number of hydrogen-bond donors (Lipinski definition) is 2. The molecular weight excluding hydrogens is 408 g/mol. The smallest absolute Gasteiger partial charge is 0.408 e. The van der Waals surface area contributed by atoms with E-state index in [4.69, 9.17) is 4.74 Å². The molecule has 2 aromatic carbocycles. The number of phenols is 1. The standard InChI is InChI=1S/C25H24N2O3S/c1-25(2,3)30-24(29)27-20-9-8-17-18(20)5-4-6-19(17)23-12-11-22(31-23)15-7-10-21(28)16(13-15)14-26/h4-7,10-13,20,28H,8-9H2,1-3H3,(H,27,29). The molecule has 3 aromatic rings. The molecule has 0 bridgehead atoms. The van der Waals surface area contributed by atoms with Crippen molar-refractivity contribution < 1.29 is 14.6 Å². The van der Waals surface area contributed by atoms with Gasteiger partial charge in [0, 0.05) is 9.75 Å². The first kappa shape index (κ1) is 21.0. The summed E-state index contributed by atoms with van der Waals surface area (Å²) in [5.41, 5.74) is 4.20. The van der Waals surface area contributed by atoms with Crippen LogP contribution in [0.1, 0.15) is 49.9 Å². The van der Waals surface area contributed by atoms with Gasteiger partial charge < -0.3 is 15.2 Å². The lowest BCUT2D eigenvalue weighted by Crippen LogP contribution is -2.34. The number of nitrogens with zero attached hydrogens (tertiary/aromatic N) is 1. The van der Waals surface area contributed by atoms with E-state index < -0.39 is 11.7 Å². The molecule has 0 radical (unpaired) electrons. The van der Waals surface area contributed by atoms with Crippen molar-refractivity contribution in [2.24, 2.45) is 0 Å². The van der Waals surface area contributed by atoms with Gasteiger partial charge in [-0.3, -0.25) is 0 Å². The average molecular weight is 433 g/mol. The van der Waals surface area contributed by atoms with E-state index in [1.165, 1.54) is 11.1 Å². The summed E-state index contributed by atoms with van der Waals surface area (Å²) in [6, 6.07) is 17.4. The maximum absolute atomic E-state index is 12.2. The van der Waals surface area contributed by atoms with Crippen LogP contribution in [0.4, 0.5) is 4.79 Å². The van der Waals surface area contributed by atoms with E-state index >= 15 is 0 Å². The van der Waals surface area contributed by atoms with Gasteiger partial charge in [0.2, 0.25) is 0 Å². The number of phenolic OH excluding ortho intramolecular Hbond substituents is 1. The summed E-state index contributed by atoms with van der Waals surface area (Å²) in [7, 11) is 0. The summed E-state index contributed by atoms with van der Waals surface area (Å²) >= 11 is 1.65. The number of amides is 1. The van der Waals surface area contributed by atoms with Crippen LogP contribution < -0.4 is 5.32 Å². The highest BCUT2D eigenvalue weighted by Crippen LogP contribution is 2.42. The summed E-state index contributed by atoms with van der Waals surface area (Å²) in [5.74, 6) is -0.00700. The van der Waals surface area contributed by atoms with Crippen molar-refractivity contribution in [3.63, 3.8) is 0 Å². The monoisotopic (exact) mass is 432 g/mol. The topological polar surface area (TPSA) is 82.3 Å². The normalized spacial score (nSPS) is 15.2. The predicted octanol–water partition coefficient (Wildman–Crippen LogP) is 6.17. The lowest BCUT2D eigenvalue weighted by Gasteiger charge is -2.22. The number of carbonyl (C=O) groups excluding carboxylic acids is 1. The van der Waals surface area contributed by atoms with Crippen molar-refractivity contribution in [2.75, 3.05) is 0 Å². The molecule has 0 saturated carbocycles. The van der Waals surface area contributed by atoms with E-state index in [2.05, 4.69) is 23.5 Å². The second kappa shape index (κ2) is 8.09. The van der Waals surface area contributed by atoms with Crippen molar-refractivity contribution in [1.29, 1.82) is 5.26 Å². The molecule has 31 heavy (non-hydrogen) atoms. The highest BCUT2D eigenvalue weighted by Gasteiger charge is 2.28. The van der Waals surface area contributed by atoms with E-state index in [0.717, 1.165) is 33.7 Å². The van der Waals surface area contributed by atoms with Crippen LogP contribution >= 0.6 is 11.3 Å². The minimum atomic E-state index is -0.527. The first-order chi connectivity index (χ1) is 14.7. The fourth-order valence-corrected chi connectivity index (χ4v) is 4.96. The van der Waals surface area contributed by atoms with Crippen LogP contribution in [-0.4, -0.2) is 16.8 Å². The van der Waals surface area contributed by atoms with E-state index in [0.29, 0.717) is 0 Å². The quantitative estimate of drug-likeness (QED) is 0.518. The molecule has 2 N–H and O–H groups in total. The number of aromatic hydroxyl groups is 1. The zero-order chi connectivity index (χ0) is 22.2. The Kier molecular flexibility index (Phi) is 5.47. The van der Waals surface area contributed by atoms with E-state index in [1.807, 2.05) is 45.0 Å². The molecule has 0 saturated heterocycles. The highest BCUT2D eigenvalue weighted by atomic mass is 32.1. The zero-order valence-corrected chi connectivity index (χ0v) is 18.5. The molecule has 1 unspecified atom stereocenters. The fourth-order valence-electron chi connectivity index (χ4n) is 3.90. The number of nitriles is 1. The Morgan fingerprint density at radius 1 is 1.19 bits per heavy atom. The average Bonchev–Trinajstić information content (AvgIpc) is 3.35. The van der Waals surface area contributed by atoms with Crippen LogP contribution in [0.2, 0.25) is 0 Å². The third kappa shape index (κ3) is 4.42. The first-order valence-corrected chi connectivity index (χ1v) is 11.0. The van der Waals surface area contributed by atoms with Gasteiger partial charge >= 0.3 is 6.09 Å². The van der Waals surface area contributed by atoms with Crippen LogP contribution in [0.5, 0.6) is 5.75 Å². The van der Waals surface area contributed by atoms with Crippen molar-refractivity contribution in [3.05, 3.63) is 65.2 Å². The summed E-state index contributed by atoms with van der Waals surface area (Å²) in [5, 5.41) is 22.0. The number of fused-ring (bicyclic) bond motifs is 1. The van der Waals surface area contributed by atoms with Gasteiger partial charge in [0.15, 0.2) is 0 Å². The molecule has 1 aromatic heterocycles. The Balaban J connectivity index is 1.60. The summed E-state index contributed by atoms with van der Waals surface area (Å²) in [4.78, 5) is 14.4. The molecule has 6 heteroatoms. The van der Waals surface area contributed by atoms with Gasteiger partial charge in [-0.25, -0.2) is 4.79 Å². The van der Waals surface area contributed by atoms with Gasteiger partial charge in [-0.2, -0.15) is 5.26 Å². The van der Waals surface area contributed by atoms with Crippen LogP contribution in [0.25, 0.3) is 20.9 Å². The molecule has 0 spiro atoms. The van der Waals surface area contributed by atoms with Crippen LogP contribution in [-0.2, 0) is 11.2 Å². The first-order valence-electron chi connectivity index (χ1n) is 10.2. The van der Waals surface area contributed by atoms with Gasteiger partial charge in [0.1, 0.15) is 17.4 Å². The number of alkyl carbamates (subject to hydrolysis) is 1. The van der Waals surface area contributed by atoms with Crippen LogP contribution in [0.15, 0.2) is 48.5 Å². The summed E-state index contributed by atoms with van der Waals surface area (Å²) in [6.45, 7) is 5.57. The van der Waals surface area contributed by atoms with E-state index in [-0.39, 0.29) is 17.4 Å². The number of carbonyl (C=O) groups is 1. The molecular formula is C25H24N2O3S. The Bertz CT molecular complexity index is 1180. The molecule has 0 aliphatic heterocycles. The van der Waals surface area contributed by atoms with Gasteiger partial charge in [-0.05, 0) is 86.2 Å². The number of nitrogens with one attached hydrogen (secondary N) is 1. The van der Waals surface area contributed by atoms with Crippen molar-refractivity contribution >= 4 is 17.4 Å². The second-order valence-electron chi connectivity index (χ2n) is 8.62. The molecule has 5 nitrogen and oxygen atoms in total. The van der Waals surface area contributed by atoms with Crippen molar-refractivity contribution in [2.45, 2.75) is 45.3 Å². The molecule has 1 amide bonds. The Morgan fingerprint density at radius 2 is 1.97 bits per heavy atom. The minimum absolute atomic E-state index is 0.00700. The summed E-state index contributed by atoms with van der Waals surface area (Å²) < 4.78 is 5.42. The number of hydrogen-bond acceptors (Lipinski definition) is 5. The third-order valence-corrected chi connectivity index (χ3v) is 6.40. The maximum Gasteiger partial charge on any atom is 0.408 e. The summed E-state index contributed by atoms with van der Waals surface area (Å²) in [6.07, 6.45) is 1.33. The highest BCUT2D eigenvalue weighted by molar-refractivity contribution is 7.18. The lowest BCUT2D eigenvalue weighted by atomic mass is 10.0. The Hall–Kier alpha value is -3.30. The van der Waals surface area contributed by atoms with Crippen LogP contribution in [0.3, 0.4) is 0 Å². The molecule has 1 heterocycles. The molecule has 4 rings (SSSR count). The van der Waals surface area contributed by atoms with Crippen molar-refractivity contribution in [1.82, 2.24) is 5.32 Å². The van der Waals surface area contributed by atoms with E-state index in [9.17, 15) is 15.2 Å². The number of benzene rings is 2. The largest absolute Gasteiger partial charge is 0.507 e. The third-order valence-electron chi connectivity index (χ3n) is 5.23. The Morgan fingerprint density at radius 3 is 2.71 bits per heavy atom. The number of ether oxygens (including phenoxy) is 1. The van der Waals surface area contributed by atoms with Gasteiger partial charge in [0.05, 0.1) is 11.6 Å². The molecule has 0 fully saturated rings. The maximum atomic E-state index is 12.2.